The minimum atomic E-state index is -5.44. The van der Waals surface area contributed by atoms with E-state index in [1.54, 1.807) is 0 Å². The molecule has 39 heavy (non-hydrogen) atoms. The summed E-state index contributed by atoms with van der Waals surface area (Å²) in [6.45, 7) is 1.45. The smallest absolute Gasteiger partial charge is 0.282 e. The van der Waals surface area contributed by atoms with Crippen LogP contribution >= 0.6 is 0 Å². The van der Waals surface area contributed by atoms with E-state index in [2.05, 4.69) is 0 Å². The zero-order chi connectivity index (χ0) is 27.4. The molecule has 0 fully saturated rings. The third-order valence-electron chi connectivity index (χ3n) is 4.71. The van der Waals surface area contributed by atoms with Gasteiger partial charge in [-0.05, 0) is 42.8 Å². The Balaban J connectivity index is 0.00000481. The van der Waals surface area contributed by atoms with E-state index < -0.39 is 87.0 Å². The van der Waals surface area contributed by atoms with Gasteiger partial charge < -0.3 is 0 Å². The molecule has 0 bridgehead atoms. The van der Waals surface area contributed by atoms with Crippen LogP contribution in [0.5, 0.6) is 0 Å². The van der Waals surface area contributed by atoms with Gasteiger partial charge in [0.15, 0.2) is 4.90 Å². The maximum absolute atomic E-state index is 13.0. The standard InChI is InChI=1S/C17H14N2O13S4.3Na/c1-9-2-4-15(13(6-9)19(20)21)33(22,23)18-12-3-5-14(35(27,28)29)11-7-10(34(24,25)26)8-16(17(11)12)36(30,31)32;;;/h2-8,18H,1H3,(H,24,25,26)(H,27,28,29)(H,30,31,32);;;. The molecule has 0 atom stereocenters. The third kappa shape index (κ3) is 8.66. The second kappa shape index (κ2) is 13.4. The molecule has 3 rings (SSSR count). The van der Waals surface area contributed by atoms with Crippen LogP contribution in [-0.2, 0) is 40.4 Å². The van der Waals surface area contributed by atoms with Gasteiger partial charge in [0.05, 0.1) is 15.5 Å². The fourth-order valence-corrected chi connectivity index (χ4v) is 6.52. The normalized spacial score (nSPS) is 12.0. The van der Waals surface area contributed by atoms with Crippen LogP contribution in [0.1, 0.15) is 5.56 Å². The molecule has 0 saturated heterocycles. The zero-order valence-electron chi connectivity index (χ0n) is 20.5. The van der Waals surface area contributed by atoms with Crippen molar-refractivity contribution in [3.05, 3.63) is 58.1 Å². The van der Waals surface area contributed by atoms with E-state index in [-0.39, 0.29) is 94.7 Å². The summed E-state index contributed by atoms with van der Waals surface area (Å²) in [5, 5.41) is 9.52. The van der Waals surface area contributed by atoms with Crippen molar-refractivity contribution in [2.45, 2.75) is 26.5 Å². The zero-order valence-corrected chi connectivity index (χ0v) is 29.8. The van der Waals surface area contributed by atoms with Gasteiger partial charge in [0.25, 0.3) is 46.1 Å². The maximum Gasteiger partial charge on any atom is 0.295 e. The number of hydrogen-bond acceptors (Lipinski definition) is 10. The van der Waals surface area contributed by atoms with Gasteiger partial charge >= 0.3 is 0 Å². The summed E-state index contributed by atoms with van der Waals surface area (Å²) >= 11 is 0. The van der Waals surface area contributed by atoms with Gasteiger partial charge in [-0.25, -0.2) is 8.42 Å². The first kappa shape index (κ1) is 38.8. The largest absolute Gasteiger partial charge is 0.295 e. The maximum atomic E-state index is 13.0. The summed E-state index contributed by atoms with van der Waals surface area (Å²) in [5.41, 5.74) is -1.30. The molecule has 0 aliphatic rings. The topological polar surface area (TPSA) is 252 Å². The number of nitro groups is 1. The summed E-state index contributed by atoms with van der Waals surface area (Å²) in [5.74, 6) is 0. The number of anilines is 1. The molecule has 0 aliphatic carbocycles. The van der Waals surface area contributed by atoms with Crippen molar-refractivity contribution in [3.63, 3.8) is 0 Å². The monoisotopic (exact) mass is 651 g/mol. The molecule has 4 N–H and O–H groups in total. The molecule has 3 radical (unpaired) electrons. The van der Waals surface area contributed by atoms with Crippen molar-refractivity contribution in [1.29, 1.82) is 0 Å². The number of aryl methyl sites for hydroxylation is 1. The predicted molar refractivity (Wildman–Crippen MR) is 139 cm³/mol. The quantitative estimate of drug-likeness (QED) is 0.117. The van der Waals surface area contributed by atoms with Crippen LogP contribution in [-0.4, -0.2) is 141 Å². The first-order chi connectivity index (χ1) is 16.2. The number of fused-ring (bicyclic) bond motifs is 1. The number of rotatable bonds is 7. The van der Waals surface area contributed by atoms with Gasteiger partial charge in [0.2, 0.25) is 0 Å². The van der Waals surface area contributed by atoms with Crippen LogP contribution in [0.4, 0.5) is 11.4 Å². The molecule has 0 heterocycles. The molecule has 15 nitrogen and oxygen atoms in total. The van der Waals surface area contributed by atoms with Crippen molar-refractivity contribution >= 4 is 151 Å². The van der Waals surface area contributed by atoms with E-state index in [9.17, 15) is 57.4 Å². The van der Waals surface area contributed by atoms with Gasteiger partial charge in [0.1, 0.15) is 9.79 Å². The van der Waals surface area contributed by atoms with Crippen LogP contribution in [0.15, 0.2) is 62.0 Å². The van der Waals surface area contributed by atoms with Gasteiger partial charge in [-0.3, -0.25) is 28.5 Å². The van der Waals surface area contributed by atoms with Crippen LogP contribution in [0.2, 0.25) is 0 Å². The average molecular weight is 652 g/mol. The minimum Gasteiger partial charge on any atom is -0.282 e. The summed E-state index contributed by atoms with van der Waals surface area (Å²) < 4.78 is 128. The Labute approximate surface area is 289 Å². The molecule has 0 amide bonds. The molecule has 22 heteroatoms. The first-order valence-electron chi connectivity index (χ1n) is 9.04. The Morgan fingerprint density at radius 3 is 1.69 bits per heavy atom. The number of nitrogens with one attached hydrogen (secondary N) is 1. The molecule has 0 aromatic heterocycles. The molecule has 3 aromatic carbocycles. The number of nitro benzene ring substituents is 1. The third-order valence-corrected chi connectivity index (χ3v) is 8.74. The Morgan fingerprint density at radius 2 is 1.23 bits per heavy atom. The number of benzene rings is 3. The van der Waals surface area contributed by atoms with E-state index in [1.807, 2.05) is 4.72 Å². The predicted octanol–water partition coefficient (Wildman–Crippen LogP) is 0.455. The fourth-order valence-electron chi connectivity index (χ4n) is 3.25. The van der Waals surface area contributed by atoms with E-state index in [0.29, 0.717) is 23.8 Å². The average Bonchev–Trinajstić information content (AvgIpc) is 2.70. The summed E-state index contributed by atoms with van der Waals surface area (Å²) in [7, 11) is -20.8. The summed E-state index contributed by atoms with van der Waals surface area (Å²) in [4.78, 5) is 5.82. The Morgan fingerprint density at radius 1 is 0.718 bits per heavy atom. The van der Waals surface area contributed by atoms with Crippen molar-refractivity contribution in [2.24, 2.45) is 0 Å². The van der Waals surface area contributed by atoms with E-state index in [4.69, 9.17) is 0 Å². The van der Waals surface area contributed by atoms with Crippen LogP contribution in [0.25, 0.3) is 10.8 Å². The van der Waals surface area contributed by atoms with Crippen LogP contribution in [0.3, 0.4) is 0 Å². The number of hydrogen-bond donors (Lipinski definition) is 4. The van der Waals surface area contributed by atoms with E-state index in [0.717, 1.165) is 12.1 Å². The molecular weight excluding hydrogens is 637 g/mol. The summed E-state index contributed by atoms with van der Waals surface area (Å²) in [6, 6.07) is 4.90. The molecule has 3 aromatic rings. The van der Waals surface area contributed by atoms with Crippen molar-refractivity contribution in [3.8, 4) is 0 Å². The fraction of sp³-hybridized carbons (Fsp3) is 0.0588. The first-order valence-corrected chi connectivity index (χ1v) is 14.8. The van der Waals surface area contributed by atoms with Crippen molar-refractivity contribution in [2.75, 3.05) is 4.72 Å². The van der Waals surface area contributed by atoms with Gasteiger partial charge in [-0.15, -0.1) is 0 Å². The van der Waals surface area contributed by atoms with Gasteiger partial charge in [-0.1, -0.05) is 6.07 Å². The number of sulfonamides is 1. The molecule has 0 saturated carbocycles. The van der Waals surface area contributed by atoms with Crippen LogP contribution in [0, 0.1) is 17.0 Å². The SMILES string of the molecule is Cc1ccc(S(=O)(=O)Nc2ccc(S(=O)(=O)O)c3cc(S(=O)(=O)O)cc(S(=O)(=O)O)c23)c([N+](=O)[O-])c1.[Na].[Na].[Na]. The second-order valence-corrected chi connectivity index (χ2v) is 13.1. The van der Waals surface area contributed by atoms with Crippen LogP contribution < -0.4 is 4.72 Å². The van der Waals surface area contributed by atoms with Crippen molar-refractivity contribution < 1.29 is 52.3 Å². The molecule has 0 aliphatic heterocycles. The van der Waals surface area contributed by atoms with Gasteiger partial charge in [-0.2, -0.15) is 25.3 Å². The van der Waals surface area contributed by atoms with E-state index in [1.165, 1.54) is 13.0 Å². The Bertz CT molecular complexity index is 1900. The number of nitrogens with zero attached hydrogens (tertiary/aromatic N) is 1. The molecule has 197 valence electrons. The second-order valence-electron chi connectivity index (χ2n) is 7.21. The Kier molecular flexibility index (Phi) is 13.3. The molecular formula is C17H14N2Na3O13S4. The Hall–Kier alpha value is -0.200. The van der Waals surface area contributed by atoms with Crippen molar-refractivity contribution in [1.82, 2.24) is 0 Å². The summed E-state index contributed by atoms with van der Waals surface area (Å²) in [6.07, 6.45) is 0. The molecule has 0 unspecified atom stereocenters. The molecule has 0 spiro atoms. The van der Waals surface area contributed by atoms with E-state index >= 15 is 0 Å². The minimum absolute atomic E-state index is 0. The van der Waals surface area contributed by atoms with Gasteiger partial charge in [0, 0.05) is 106 Å².